The zero-order valence-electron chi connectivity index (χ0n) is 14.1. The number of hydrogen-bond donors (Lipinski definition) is 1. The summed E-state index contributed by atoms with van der Waals surface area (Å²) in [4.78, 5) is 30.5. The second-order valence-corrected chi connectivity index (χ2v) is 7.59. The van der Waals surface area contributed by atoms with E-state index in [1.807, 2.05) is 0 Å². The molecule has 27 heavy (non-hydrogen) atoms. The SMILES string of the molecule is O=C(NC1CCC2CC1CN2C(=O)c1cc(Cl)ncc1F)c1ccoc1Cl. The van der Waals surface area contributed by atoms with Gasteiger partial charge in [-0.2, -0.15) is 0 Å². The number of amides is 2. The molecule has 142 valence electrons. The van der Waals surface area contributed by atoms with Crippen LogP contribution in [0.1, 0.15) is 40.0 Å². The van der Waals surface area contributed by atoms with Crippen LogP contribution >= 0.6 is 23.2 Å². The molecular formula is C18H16Cl2FN3O3. The average Bonchev–Trinajstić information content (AvgIpc) is 3.23. The van der Waals surface area contributed by atoms with E-state index in [-0.39, 0.29) is 39.8 Å². The van der Waals surface area contributed by atoms with Gasteiger partial charge in [0.2, 0.25) is 5.22 Å². The Balaban J connectivity index is 1.47. The van der Waals surface area contributed by atoms with E-state index < -0.39 is 11.7 Å². The van der Waals surface area contributed by atoms with Crippen LogP contribution in [0.5, 0.6) is 0 Å². The number of pyridine rings is 1. The lowest BCUT2D eigenvalue weighted by Crippen LogP contribution is -2.42. The predicted molar refractivity (Wildman–Crippen MR) is 96.3 cm³/mol. The first-order valence-electron chi connectivity index (χ1n) is 8.60. The van der Waals surface area contributed by atoms with E-state index in [4.69, 9.17) is 27.6 Å². The van der Waals surface area contributed by atoms with Gasteiger partial charge in [-0.25, -0.2) is 9.37 Å². The van der Waals surface area contributed by atoms with Crippen LogP contribution in [0.2, 0.25) is 10.4 Å². The fourth-order valence-corrected chi connectivity index (χ4v) is 4.36. The Morgan fingerprint density at radius 3 is 2.85 bits per heavy atom. The minimum absolute atomic E-state index is 0.0273. The van der Waals surface area contributed by atoms with E-state index in [1.165, 1.54) is 18.4 Å². The number of aromatic nitrogens is 1. The summed E-state index contributed by atoms with van der Waals surface area (Å²) in [7, 11) is 0. The Morgan fingerprint density at radius 2 is 2.11 bits per heavy atom. The number of carbonyl (C=O) groups is 2. The van der Waals surface area contributed by atoms with E-state index >= 15 is 0 Å². The maximum Gasteiger partial charge on any atom is 0.257 e. The molecular weight excluding hydrogens is 396 g/mol. The van der Waals surface area contributed by atoms with Crippen molar-refractivity contribution in [2.24, 2.45) is 5.92 Å². The van der Waals surface area contributed by atoms with Crippen LogP contribution in [0.25, 0.3) is 0 Å². The maximum atomic E-state index is 14.0. The molecule has 0 radical (unpaired) electrons. The number of fused-ring (bicyclic) bond motifs is 2. The topological polar surface area (TPSA) is 75.4 Å². The van der Waals surface area contributed by atoms with Crippen LogP contribution in [-0.4, -0.2) is 40.3 Å². The summed E-state index contributed by atoms with van der Waals surface area (Å²) < 4.78 is 19.0. The maximum absolute atomic E-state index is 14.0. The first-order chi connectivity index (χ1) is 12.9. The standard InChI is InChI=1S/C18H16Cl2FN3O3/c19-15-6-12(13(21)7-22-15)18(26)24-8-9-5-10(24)1-2-14(9)23-17(25)11-3-4-27-16(11)20/h3-4,6-7,9-10,14H,1-2,5,8H2,(H,23,25). The number of nitrogens with one attached hydrogen (secondary N) is 1. The van der Waals surface area contributed by atoms with E-state index in [2.05, 4.69) is 10.3 Å². The summed E-state index contributed by atoms with van der Waals surface area (Å²) >= 11 is 11.7. The smallest absolute Gasteiger partial charge is 0.257 e. The van der Waals surface area contributed by atoms with E-state index in [0.717, 1.165) is 25.5 Å². The highest BCUT2D eigenvalue weighted by Crippen LogP contribution is 2.37. The fraction of sp³-hybridized carbons (Fsp3) is 0.389. The molecule has 1 saturated heterocycles. The second kappa shape index (κ2) is 7.13. The Labute approximate surface area is 164 Å². The van der Waals surface area contributed by atoms with Crippen molar-refractivity contribution in [3.63, 3.8) is 0 Å². The van der Waals surface area contributed by atoms with Crippen LogP contribution in [0.4, 0.5) is 4.39 Å². The van der Waals surface area contributed by atoms with Gasteiger partial charge in [0.1, 0.15) is 5.15 Å². The van der Waals surface area contributed by atoms with Crippen LogP contribution < -0.4 is 5.32 Å². The molecule has 2 amide bonds. The molecule has 3 heterocycles. The first kappa shape index (κ1) is 18.3. The third kappa shape index (κ3) is 3.41. The van der Waals surface area contributed by atoms with Crippen molar-refractivity contribution < 1.29 is 18.4 Å². The molecule has 3 unspecified atom stereocenters. The monoisotopic (exact) mass is 411 g/mol. The van der Waals surface area contributed by atoms with Gasteiger partial charge in [0.25, 0.3) is 11.8 Å². The number of likely N-dealkylation sites (tertiary alicyclic amines) is 1. The molecule has 3 atom stereocenters. The van der Waals surface area contributed by atoms with E-state index in [0.29, 0.717) is 12.1 Å². The quantitative estimate of drug-likeness (QED) is 0.783. The first-order valence-corrected chi connectivity index (χ1v) is 9.35. The molecule has 2 fully saturated rings. The zero-order valence-corrected chi connectivity index (χ0v) is 15.6. The molecule has 0 spiro atoms. The largest absolute Gasteiger partial charge is 0.452 e. The lowest BCUT2D eigenvalue weighted by Gasteiger charge is -2.29. The minimum atomic E-state index is -0.690. The van der Waals surface area contributed by atoms with Gasteiger partial charge in [-0.05, 0) is 48.9 Å². The van der Waals surface area contributed by atoms with Crippen molar-refractivity contribution in [2.75, 3.05) is 6.54 Å². The molecule has 1 N–H and O–H groups in total. The van der Waals surface area contributed by atoms with E-state index in [9.17, 15) is 14.0 Å². The molecule has 1 aliphatic heterocycles. The van der Waals surface area contributed by atoms with Crippen LogP contribution in [0.3, 0.4) is 0 Å². The molecule has 2 aromatic rings. The highest BCUT2D eigenvalue weighted by molar-refractivity contribution is 6.32. The van der Waals surface area contributed by atoms with Gasteiger partial charge in [-0.15, -0.1) is 0 Å². The number of rotatable bonds is 3. The third-order valence-electron chi connectivity index (χ3n) is 5.32. The normalized spacial score (nSPS) is 24.1. The summed E-state index contributed by atoms with van der Waals surface area (Å²) in [5.74, 6) is -1.28. The molecule has 6 nitrogen and oxygen atoms in total. The summed E-state index contributed by atoms with van der Waals surface area (Å²) in [5.41, 5.74) is 0.214. The number of halogens is 3. The second-order valence-electron chi connectivity index (χ2n) is 6.86. The Bertz CT molecular complexity index is 904. The van der Waals surface area contributed by atoms with Gasteiger partial charge in [-0.1, -0.05) is 11.6 Å². The number of nitrogens with zero attached hydrogens (tertiary/aromatic N) is 2. The Kier molecular flexibility index (Phi) is 4.82. The van der Waals surface area contributed by atoms with Gasteiger partial charge < -0.3 is 14.6 Å². The van der Waals surface area contributed by atoms with Crippen LogP contribution in [0, 0.1) is 11.7 Å². The molecule has 2 aromatic heterocycles. The van der Waals surface area contributed by atoms with E-state index in [1.54, 1.807) is 4.90 Å². The molecule has 2 bridgehead atoms. The summed E-state index contributed by atoms with van der Waals surface area (Å²) in [5, 5.41) is 3.11. The van der Waals surface area contributed by atoms with Gasteiger partial charge in [0.05, 0.1) is 23.6 Å². The average molecular weight is 412 g/mol. The molecule has 9 heteroatoms. The van der Waals surface area contributed by atoms with Gasteiger partial charge in [-0.3, -0.25) is 9.59 Å². The lowest BCUT2D eigenvalue weighted by molar-refractivity contribution is 0.0727. The Hall–Kier alpha value is -2.12. The van der Waals surface area contributed by atoms with Crippen molar-refractivity contribution in [3.05, 3.63) is 51.9 Å². The number of furan rings is 1. The summed E-state index contributed by atoms with van der Waals surface area (Å²) in [6.07, 6.45) is 4.54. The molecule has 1 saturated carbocycles. The summed E-state index contributed by atoms with van der Waals surface area (Å²) in [6, 6.07) is 2.72. The van der Waals surface area contributed by atoms with Crippen molar-refractivity contribution >= 4 is 35.0 Å². The number of hydrogen-bond acceptors (Lipinski definition) is 4. The van der Waals surface area contributed by atoms with Crippen molar-refractivity contribution in [2.45, 2.75) is 31.3 Å². The third-order valence-corrected chi connectivity index (χ3v) is 5.82. The number of carbonyl (C=O) groups excluding carboxylic acids is 2. The molecule has 1 aliphatic carbocycles. The van der Waals surface area contributed by atoms with Crippen LogP contribution in [-0.2, 0) is 0 Å². The minimum Gasteiger partial charge on any atom is -0.452 e. The molecule has 2 aliphatic rings. The van der Waals surface area contributed by atoms with Crippen molar-refractivity contribution in [1.29, 1.82) is 0 Å². The van der Waals surface area contributed by atoms with Crippen molar-refractivity contribution in [1.82, 2.24) is 15.2 Å². The highest BCUT2D eigenvalue weighted by atomic mass is 35.5. The fourth-order valence-electron chi connectivity index (χ4n) is 4.00. The predicted octanol–water partition coefficient (Wildman–Crippen LogP) is 3.54. The molecule has 4 rings (SSSR count). The van der Waals surface area contributed by atoms with Gasteiger partial charge in [0.15, 0.2) is 5.82 Å². The van der Waals surface area contributed by atoms with Gasteiger partial charge >= 0.3 is 0 Å². The molecule has 0 aromatic carbocycles. The zero-order chi connectivity index (χ0) is 19.1. The summed E-state index contributed by atoms with van der Waals surface area (Å²) in [6.45, 7) is 0.451. The Morgan fingerprint density at radius 1 is 1.30 bits per heavy atom. The lowest BCUT2D eigenvalue weighted by atomic mass is 9.85. The van der Waals surface area contributed by atoms with Crippen molar-refractivity contribution in [3.8, 4) is 0 Å². The van der Waals surface area contributed by atoms with Crippen LogP contribution in [0.15, 0.2) is 29.0 Å². The van der Waals surface area contributed by atoms with Gasteiger partial charge in [0, 0.05) is 18.6 Å². The highest BCUT2D eigenvalue weighted by Gasteiger charge is 2.44.